The van der Waals surface area contributed by atoms with Gasteiger partial charge in [-0.15, -0.1) is 10.2 Å². The average Bonchev–Trinajstić information content (AvgIpc) is 3.15. The summed E-state index contributed by atoms with van der Waals surface area (Å²) in [5, 5.41) is 9.23. The third kappa shape index (κ3) is 4.21. The second kappa shape index (κ2) is 9.12. The number of para-hydroxylation sites is 2. The van der Waals surface area contributed by atoms with Crippen molar-refractivity contribution in [3.63, 3.8) is 0 Å². The zero-order chi connectivity index (χ0) is 19.2. The number of methoxy groups -OCH3 is 2. The minimum atomic E-state index is -0.332. The van der Waals surface area contributed by atoms with Crippen LogP contribution in [0, 0.1) is 0 Å². The predicted molar refractivity (Wildman–Crippen MR) is 106 cm³/mol. The molecule has 0 amide bonds. The minimum absolute atomic E-state index is 0.253. The normalized spacial score (nSPS) is 15.4. The second-order valence-corrected chi connectivity index (χ2v) is 7.55. The Bertz CT molecular complexity index is 774. The van der Waals surface area contributed by atoms with Gasteiger partial charge in [0.2, 0.25) is 5.95 Å². The highest BCUT2D eigenvalue weighted by molar-refractivity contribution is 8.00. The summed E-state index contributed by atoms with van der Waals surface area (Å²) in [4.78, 5) is 14.3. The Labute approximate surface area is 164 Å². The molecule has 1 fully saturated rings. The lowest BCUT2D eigenvalue weighted by atomic mass is 10.1. The molecular weight excluding hydrogens is 364 g/mol. The number of hydrogen-bond acceptors (Lipinski definition) is 7. The van der Waals surface area contributed by atoms with Crippen LogP contribution in [-0.4, -0.2) is 53.3 Å². The summed E-state index contributed by atoms with van der Waals surface area (Å²) in [6, 6.07) is 7.80. The van der Waals surface area contributed by atoms with Gasteiger partial charge in [0.15, 0.2) is 5.16 Å². The zero-order valence-corrected chi connectivity index (χ0v) is 16.9. The number of carbonyl (C=O) groups excluding carboxylic acids is 1. The van der Waals surface area contributed by atoms with Gasteiger partial charge in [0, 0.05) is 13.1 Å². The van der Waals surface area contributed by atoms with Gasteiger partial charge in [-0.05, 0) is 37.8 Å². The van der Waals surface area contributed by atoms with E-state index in [0.717, 1.165) is 43.3 Å². The Kier molecular flexibility index (Phi) is 6.60. The molecule has 27 heavy (non-hydrogen) atoms. The smallest absolute Gasteiger partial charge is 0.319 e. The van der Waals surface area contributed by atoms with Crippen molar-refractivity contribution in [3.05, 3.63) is 24.3 Å². The highest BCUT2D eigenvalue weighted by Gasteiger charge is 2.27. The van der Waals surface area contributed by atoms with Crippen LogP contribution in [0.25, 0.3) is 5.69 Å². The Balaban J connectivity index is 2.05. The van der Waals surface area contributed by atoms with Gasteiger partial charge in [-0.2, -0.15) is 0 Å². The molecule has 146 valence electrons. The van der Waals surface area contributed by atoms with Crippen LogP contribution in [0.4, 0.5) is 5.95 Å². The topological polar surface area (TPSA) is 69.5 Å². The van der Waals surface area contributed by atoms with Gasteiger partial charge in [0.25, 0.3) is 0 Å². The molecular formula is C19H26N4O3S. The number of esters is 1. The molecule has 1 saturated heterocycles. The summed E-state index contributed by atoms with van der Waals surface area (Å²) in [6.07, 6.45) is 4.17. The van der Waals surface area contributed by atoms with Crippen molar-refractivity contribution >= 4 is 23.7 Å². The summed E-state index contributed by atoms with van der Waals surface area (Å²) in [7, 11) is 3.07. The number of aromatic nitrogens is 3. The number of carbonyl (C=O) groups is 1. The molecule has 0 saturated carbocycles. The maximum Gasteiger partial charge on any atom is 0.319 e. The molecule has 8 heteroatoms. The van der Waals surface area contributed by atoms with Gasteiger partial charge in [-0.25, -0.2) is 0 Å². The molecule has 1 aliphatic rings. The summed E-state index contributed by atoms with van der Waals surface area (Å²) in [5.74, 6) is 1.28. The molecule has 1 atom stereocenters. The Morgan fingerprint density at radius 2 is 1.93 bits per heavy atom. The van der Waals surface area contributed by atoms with Crippen LogP contribution in [0.2, 0.25) is 0 Å². The molecule has 1 aromatic carbocycles. The first-order valence-electron chi connectivity index (χ1n) is 9.27. The van der Waals surface area contributed by atoms with E-state index in [4.69, 9.17) is 9.47 Å². The molecule has 0 aliphatic carbocycles. The number of nitrogens with zero attached hydrogens (tertiary/aromatic N) is 4. The van der Waals surface area contributed by atoms with Crippen molar-refractivity contribution in [3.8, 4) is 11.4 Å². The highest BCUT2D eigenvalue weighted by Crippen LogP contribution is 2.35. The van der Waals surface area contributed by atoms with Crippen LogP contribution in [0.1, 0.15) is 32.6 Å². The van der Waals surface area contributed by atoms with Crippen molar-refractivity contribution in [1.29, 1.82) is 0 Å². The Morgan fingerprint density at radius 3 is 2.59 bits per heavy atom. The minimum Gasteiger partial charge on any atom is -0.495 e. The summed E-state index contributed by atoms with van der Waals surface area (Å²) < 4.78 is 12.5. The monoisotopic (exact) mass is 390 g/mol. The van der Waals surface area contributed by atoms with E-state index in [0.29, 0.717) is 11.6 Å². The molecule has 0 bridgehead atoms. The lowest BCUT2D eigenvalue weighted by Crippen LogP contribution is -2.32. The predicted octanol–water partition coefficient (Wildman–Crippen LogP) is 3.31. The van der Waals surface area contributed by atoms with Crippen molar-refractivity contribution < 1.29 is 14.3 Å². The van der Waals surface area contributed by atoms with Crippen LogP contribution in [-0.2, 0) is 9.53 Å². The van der Waals surface area contributed by atoms with Crippen molar-refractivity contribution in [2.75, 3.05) is 32.2 Å². The summed E-state index contributed by atoms with van der Waals surface area (Å²) in [6.45, 7) is 3.86. The van der Waals surface area contributed by atoms with Gasteiger partial charge in [0.05, 0.1) is 19.9 Å². The molecule has 0 spiro atoms. The molecule has 1 aromatic heterocycles. The fourth-order valence-electron chi connectivity index (χ4n) is 3.22. The fraction of sp³-hybridized carbons (Fsp3) is 0.526. The quantitative estimate of drug-likeness (QED) is 0.531. The highest BCUT2D eigenvalue weighted by atomic mass is 32.2. The van der Waals surface area contributed by atoms with Crippen LogP contribution < -0.4 is 9.64 Å². The van der Waals surface area contributed by atoms with Crippen LogP contribution >= 0.6 is 11.8 Å². The third-order valence-corrected chi connectivity index (χ3v) is 5.95. The largest absolute Gasteiger partial charge is 0.495 e. The van der Waals surface area contributed by atoms with E-state index in [1.807, 2.05) is 35.8 Å². The molecule has 2 heterocycles. The van der Waals surface area contributed by atoms with E-state index in [1.165, 1.54) is 25.3 Å². The number of anilines is 1. The maximum absolute atomic E-state index is 12.1. The lowest BCUT2D eigenvalue weighted by Gasteiger charge is -2.28. The third-order valence-electron chi connectivity index (χ3n) is 4.66. The maximum atomic E-state index is 12.1. The van der Waals surface area contributed by atoms with E-state index in [2.05, 4.69) is 15.1 Å². The van der Waals surface area contributed by atoms with Crippen molar-refractivity contribution in [2.24, 2.45) is 0 Å². The van der Waals surface area contributed by atoms with Crippen LogP contribution in [0.5, 0.6) is 5.75 Å². The summed E-state index contributed by atoms with van der Waals surface area (Å²) >= 11 is 1.38. The Morgan fingerprint density at radius 1 is 1.19 bits per heavy atom. The van der Waals surface area contributed by atoms with E-state index in [9.17, 15) is 4.79 Å². The number of ether oxygens (including phenoxy) is 2. The molecule has 0 N–H and O–H groups in total. The molecule has 1 unspecified atom stereocenters. The first kappa shape index (κ1) is 19.5. The van der Waals surface area contributed by atoms with Crippen LogP contribution in [0.15, 0.2) is 29.4 Å². The lowest BCUT2D eigenvalue weighted by molar-refractivity contribution is -0.140. The fourth-order valence-corrected chi connectivity index (χ4v) is 4.21. The van der Waals surface area contributed by atoms with E-state index < -0.39 is 0 Å². The molecule has 1 aliphatic heterocycles. The first-order chi connectivity index (χ1) is 13.2. The van der Waals surface area contributed by atoms with Gasteiger partial charge in [0.1, 0.15) is 11.0 Å². The average molecular weight is 391 g/mol. The Hall–Kier alpha value is -2.22. The number of thioether (sulfide) groups is 1. The van der Waals surface area contributed by atoms with Gasteiger partial charge in [-0.1, -0.05) is 30.8 Å². The number of piperidine rings is 1. The van der Waals surface area contributed by atoms with Crippen molar-refractivity contribution in [2.45, 2.75) is 43.0 Å². The van der Waals surface area contributed by atoms with Gasteiger partial charge >= 0.3 is 5.97 Å². The summed E-state index contributed by atoms with van der Waals surface area (Å²) in [5.41, 5.74) is 0.868. The van der Waals surface area contributed by atoms with Gasteiger partial charge < -0.3 is 14.4 Å². The number of benzene rings is 1. The van der Waals surface area contributed by atoms with Gasteiger partial charge in [-0.3, -0.25) is 9.36 Å². The molecule has 0 radical (unpaired) electrons. The standard InChI is InChI=1S/C19H26N4O3S/c1-4-16(17(24)26-3)27-19-21-20-18(22-12-8-5-9-13-22)23(19)14-10-6-7-11-15(14)25-2/h6-7,10-11,16H,4-5,8-9,12-13H2,1-3H3. The number of hydrogen-bond donors (Lipinski definition) is 0. The zero-order valence-electron chi connectivity index (χ0n) is 16.1. The van der Waals surface area contributed by atoms with Crippen molar-refractivity contribution in [1.82, 2.24) is 14.8 Å². The van der Waals surface area contributed by atoms with Crippen LogP contribution in [0.3, 0.4) is 0 Å². The molecule has 3 rings (SSSR count). The van der Waals surface area contributed by atoms with E-state index >= 15 is 0 Å². The molecule has 7 nitrogen and oxygen atoms in total. The molecule has 2 aromatic rings. The van der Waals surface area contributed by atoms with E-state index in [-0.39, 0.29) is 11.2 Å². The van der Waals surface area contributed by atoms with E-state index in [1.54, 1.807) is 7.11 Å². The second-order valence-electron chi connectivity index (χ2n) is 6.38. The number of rotatable bonds is 7. The SMILES string of the molecule is CCC(Sc1nnc(N2CCCCC2)n1-c1ccccc1OC)C(=O)OC. The first-order valence-corrected chi connectivity index (χ1v) is 10.2.